The Balaban J connectivity index is 1.94. The molecule has 1 fully saturated rings. The summed E-state index contributed by atoms with van der Waals surface area (Å²) in [4.78, 5) is 8.54. The van der Waals surface area contributed by atoms with Crippen molar-refractivity contribution >= 4 is 5.95 Å². The molecular weight excluding hydrogens is 230 g/mol. The summed E-state index contributed by atoms with van der Waals surface area (Å²) < 4.78 is 5.11. The van der Waals surface area contributed by atoms with Crippen LogP contribution in [-0.2, 0) is 0 Å². The normalized spacial score (nSPS) is 23.7. The minimum Gasteiger partial charge on any atom is -0.481 e. The number of hydrogen-bond acceptors (Lipinski definition) is 5. The average Bonchev–Trinajstić information content (AvgIpc) is 2.37. The number of aromatic nitrogens is 2. The van der Waals surface area contributed by atoms with Gasteiger partial charge in [0.1, 0.15) is 0 Å². The number of methoxy groups -OCH3 is 1. The fourth-order valence-electron chi connectivity index (χ4n) is 2.37. The van der Waals surface area contributed by atoms with Gasteiger partial charge in [-0.15, -0.1) is 0 Å². The van der Waals surface area contributed by atoms with Gasteiger partial charge in [-0.05, 0) is 19.8 Å². The van der Waals surface area contributed by atoms with Gasteiger partial charge in [0.15, 0.2) is 0 Å². The maximum atomic E-state index is 9.90. The van der Waals surface area contributed by atoms with E-state index in [-0.39, 0.29) is 6.10 Å². The number of aliphatic hydroxyl groups is 1. The highest BCUT2D eigenvalue weighted by molar-refractivity contribution is 5.30. The van der Waals surface area contributed by atoms with E-state index in [2.05, 4.69) is 15.3 Å². The fourth-order valence-corrected chi connectivity index (χ4v) is 2.37. The molecule has 5 heteroatoms. The van der Waals surface area contributed by atoms with Gasteiger partial charge in [-0.2, -0.15) is 4.98 Å². The first-order valence-electron chi connectivity index (χ1n) is 6.50. The molecule has 100 valence electrons. The summed E-state index contributed by atoms with van der Waals surface area (Å²) in [5.74, 6) is 1.44. The minimum absolute atomic E-state index is 0.196. The highest BCUT2D eigenvalue weighted by Gasteiger charge is 2.22. The highest BCUT2D eigenvalue weighted by Crippen LogP contribution is 2.24. The maximum absolute atomic E-state index is 9.90. The van der Waals surface area contributed by atoms with Crippen molar-refractivity contribution in [3.05, 3.63) is 11.8 Å². The second-order valence-corrected chi connectivity index (χ2v) is 4.87. The van der Waals surface area contributed by atoms with Crippen molar-refractivity contribution in [2.75, 3.05) is 19.0 Å². The van der Waals surface area contributed by atoms with Crippen LogP contribution in [0, 0.1) is 12.8 Å². The first-order valence-corrected chi connectivity index (χ1v) is 6.50. The van der Waals surface area contributed by atoms with Crippen molar-refractivity contribution in [1.82, 2.24) is 9.97 Å². The van der Waals surface area contributed by atoms with Crippen molar-refractivity contribution in [3.8, 4) is 5.88 Å². The smallest absolute Gasteiger partial charge is 0.226 e. The number of anilines is 1. The highest BCUT2D eigenvalue weighted by atomic mass is 16.5. The van der Waals surface area contributed by atoms with E-state index in [9.17, 15) is 5.11 Å². The molecule has 2 N–H and O–H groups in total. The largest absolute Gasteiger partial charge is 0.481 e. The van der Waals surface area contributed by atoms with Gasteiger partial charge in [0.05, 0.1) is 13.2 Å². The molecule has 1 aliphatic carbocycles. The average molecular weight is 251 g/mol. The molecule has 0 bridgehead atoms. The van der Waals surface area contributed by atoms with E-state index in [1.165, 1.54) is 6.42 Å². The van der Waals surface area contributed by atoms with E-state index >= 15 is 0 Å². The van der Waals surface area contributed by atoms with E-state index < -0.39 is 0 Å². The van der Waals surface area contributed by atoms with Crippen molar-refractivity contribution in [3.63, 3.8) is 0 Å². The van der Waals surface area contributed by atoms with Crippen molar-refractivity contribution in [1.29, 1.82) is 0 Å². The lowest BCUT2D eigenvalue weighted by atomic mass is 9.86. The quantitative estimate of drug-likeness (QED) is 0.853. The van der Waals surface area contributed by atoms with Crippen molar-refractivity contribution in [2.45, 2.75) is 38.7 Å². The van der Waals surface area contributed by atoms with E-state index in [1.54, 1.807) is 13.2 Å². The van der Waals surface area contributed by atoms with Gasteiger partial charge in [-0.25, -0.2) is 4.98 Å². The first kappa shape index (κ1) is 13.1. The number of ether oxygens (including phenoxy) is 1. The van der Waals surface area contributed by atoms with Gasteiger partial charge in [0, 0.05) is 24.2 Å². The van der Waals surface area contributed by atoms with Crippen LogP contribution < -0.4 is 10.1 Å². The van der Waals surface area contributed by atoms with Crippen LogP contribution in [0.25, 0.3) is 0 Å². The molecule has 18 heavy (non-hydrogen) atoms. The van der Waals surface area contributed by atoms with Crippen LogP contribution in [0.1, 0.15) is 31.4 Å². The molecule has 1 aliphatic rings. The van der Waals surface area contributed by atoms with Gasteiger partial charge in [-0.3, -0.25) is 0 Å². The summed E-state index contributed by atoms with van der Waals surface area (Å²) in [6, 6.07) is 1.79. The Morgan fingerprint density at radius 3 is 2.89 bits per heavy atom. The first-order chi connectivity index (χ1) is 8.69. The molecular formula is C13H21N3O2. The lowest BCUT2D eigenvalue weighted by Crippen LogP contribution is -2.30. The number of rotatable bonds is 4. The maximum Gasteiger partial charge on any atom is 0.226 e. The molecule has 0 saturated heterocycles. The predicted octanol–water partition coefficient (Wildman–Crippen LogP) is 1.76. The molecule has 0 aromatic carbocycles. The summed E-state index contributed by atoms with van der Waals surface area (Å²) in [6.07, 6.45) is 4.10. The molecule has 2 unspecified atom stereocenters. The summed E-state index contributed by atoms with van der Waals surface area (Å²) in [7, 11) is 1.59. The monoisotopic (exact) mass is 251 g/mol. The predicted molar refractivity (Wildman–Crippen MR) is 69.8 cm³/mol. The third-order valence-electron chi connectivity index (χ3n) is 3.43. The summed E-state index contributed by atoms with van der Waals surface area (Å²) in [5, 5.41) is 13.1. The molecule has 1 saturated carbocycles. The van der Waals surface area contributed by atoms with E-state index in [0.717, 1.165) is 25.0 Å². The summed E-state index contributed by atoms with van der Waals surface area (Å²) in [5.41, 5.74) is 0.869. The Kier molecular flexibility index (Phi) is 4.36. The van der Waals surface area contributed by atoms with Crippen LogP contribution in [0.15, 0.2) is 6.07 Å². The zero-order chi connectivity index (χ0) is 13.0. The van der Waals surface area contributed by atoms with Crippen LogP contribution in [0.3, 0.4) is 0 Å². The van der Waals surface area contributed by atoms with Crippen molar-refractivity contribution < 1.29 is 9.84 Å². The van der Waals surface area contributed by atoms with E-state index in [0.29, 0.717) is 24.3 Å². The number of hydrogen-bond donors (Lipinski definition) is 2. The van der Waals surface area contributed by atoms with Crippen LogP contribution in [0.4, 0.5) is 5.95 Å². The molecule has 2 atom stereocenters. The lowest BCUT2D eigenvalue weighted by Gasteiger charge is -2.27. The second kappa shape index (κ2) is 6.00. The van der Waals surface area contributed by atoms with E-state index in [4.69, 9.17) is 4.74 Å². The number of nitrogens with zero attached hydrogens (tertiary/aromatic N) is 2. The standard InChI is InChI=1S/C13H21N3O2/c1-9-7-12(18-2)16-13(15-9)14-8-10-5-3-4-6-11(10)17/h7,10-11,17H,3-6,8H2,1-2H3,(H,14,15,16). The molecule has 0 amide bonds. The number of aliphatic hydroxyl groups excluding tert-OH is 1. The van der Waals surface area contributed by atoms with Crippen molar-refractivity contribution in [2.24, 2.45) is 5.92 Å². The molecule has 5 nitrogen and oxygen atoms in total. The topological polar surface area (TPSA) is 67.3 Å². The molecule has 0 radical (unpaired) electrons. The molecule has 2 rings (SSSR count). The SMILES string of the molecule is COc1cc(C)nc(NCC2CCCCC2O)n1. The summed E-state index contributed by atoms with van der Waals surface area (Å²) in [6.45, 7) is 2.62. The van der Waals surface area contributed by atoms with Crippen LogP contribution in [0.5, 0.6) is 5.88 Å². The molecule has 1 aromatic heterocycles. The van der Waals surface area contributed by atoms with Gasteiger partial charge < -0.3 is 15.2 Å². The Hall–Kier alpha value is -1.36. The second-order valence-electron chi connectivity index (χ2n) is 4.87. The zero-order valence-electron chi connectivity index (χ0n) is 11.0. The van der Waals surface area contributed by atoms with E-state index in [1.807, 2.05) is 6.92 Å². The fraction of sp³-hybridized carbons (Fsp3) is 0.692. The number of aryl methyl sites for hydroxylation is 1. The Morgan fingerprint density at radius 1 is 1.39 bits per heavy atom. The summed E-state index contributed by atoms with van der Waals surface area (Å²) >= 11 is 0. The third-order valence-corrected chi connectivity index (χ3v) is 3.43. The Morgan fingerprint density at radius 2 is 2.17 bits per heavy atom. The van der Waals surface area contributed by atoms with Gasteiger partial charge in [0.25, 0.3) is 0 Å². The van der Waals surface area contributed by atoms with Crippen LogP contribution >= 0.6 is 0 Å². The van der Waals surface area contributed by atoms with Crippen LogP contribution in [0.2, 0.25) is 0 Å². The minimum atomic E-state index is -0.196. The third kappa shape index (κ3) is 3.32. The zero-order valence-corrected chi connectivity index (χ0v) is 11.0. The van der Waals surface area contributed by atoms with Gasteiger partial charge in [0.2, 0.25) is 11.8 Å². The molecule has 1 aromatic rings. The number of nitrogens with one attached hydrogen (secondary N) is 1. The van der Waals surface area contributed by atoms with Crippen LogP contribution in [-0.4, -0.2) is 34.8 Å². The Bertz CT molecular complexity index is 398. The molecule has 0 aliphatic heterocycles. The Labute approximate surface area is 108 Å². The van der Waals surface area contributed by atoms with Gasteiger partial charge in [-0.1, -0.05) is 12.8 Å². The molecule has 0 spiro atoms. The lowest BCUT2D eigenvalue weighted by molar-refractivity contribution is 0.0762. The molecule has 1 heterocycles. The van der Waals surface area contributed by atoms with Gasteiger partial charge >= 0.3 is 0 Å².